The molecule has 1 aromatic rings. The summed E-state index contributed by atoms with van der Waals surface area (Å²) in [6, 6.07) is 6.97. The summed E-state index contributed by atoms with van der Waals surface area (Å²) in [4.78, 5) is 0. The first-order chi connectivity index (χ1) is 5.79. The highest BCUT2D eigenvalue weighted by Gasteiger charge is 2.06. The van der Waals surface area contributed by atoms with Gasteiger partial charge >= 0.3 is 0 Å². The molecule has 12 heavy (non-hydrogen) atoms. The van der Waals surface area contributed by atoms with Crippen molar-refractivity contribution < 1.29 is 5.11 Å². The lowest BCUT2D eigenvalue weighted by Crippen LogP contribution is -2.15. The van der Waals surface area contributed by atoms with Gasteiger partial charge in [0, 0.05) is 5.56 Å². The highest BCUT2D eigenvalue weighted by atomic mass is 16.3. The molecule has 1 unspecified atom stereocenters. The molecule has 0 bridgehead atoms. The molecule has 0 amide bonds. The zero-order valence-electron chi connectivity index (χ0n) is 6.70. The molecular formula is C10H11NO. The van der Waals surface area contributed by atoms with Crippen LogP contribution in [0.15, 0.2) is 24.3 Å². The van der Waals surface area contributed by atoms with E-state index in [0.717, 1.165) is 11.1 Å². The van der Waals surface area contributed by atoms with Crippen molar-refractivity contribution in [3.8, 4) is 12.3 Å². The van der Waals surface area contributed by atoms with Crippen molar-refractivity contribution in [2.75, 3.05) is 6.61 Å². The van der Waals surface area contributed by atoms with E-state index in [-0.39, 0.29) is 12.6 Å². The highest BCUT2D eigenvalue weighted by Crippen LogP contribution is 2.14. The quantitative estimate of drug-likeness (QED) is 0.626. The minimum atomic E-state index is -0.378. The van der Waals surface area contributed by atoms with Crippen LogP contribution in [0.1, 0.15) is 17.2 Å². The Hall–Kier alpha value is -1.30. The molecule has 0 aliphatic heterocycles. The number of terminal acetylenes is 1. The lowest BCUT2D eigenvalue weighted by molar-refractivity contribution is 0.268. The standard InChI is InChI=1S/C10H11NO/c1-2-8-5-3-4-6-9(8)10(11)7-12/h1,3-6,10,12H,7,11H2. The maximum absolute atomic E-state index is 8.81. The monoisotopic (exact) mass is 161 g/mol. The predicted molar refractivity (Wildman–Crippen MR) is 48.4 cm³/mol. The van der Waals surface area contributed by atoms with Gasteiger partial charge in [-0.15, -0.1) is 6.42 Å². The van der Waals surface area contributed by atoms with Crippen LogP contribution in [0.2, 0.25) is 0 Å². The first-order valence-electron chi connectivity index (χ1n) is 3.71. The van der Waals surface area contributed by atoms with Gasteiger partial charge in [-0.25, -0.2) is 0 Å². The van der Waals surface area contributed by atoms with Crippen molar-refractivity contribution >= 4 is 0 Å². The third-order valence-corrected chi connectivity index (χ3v) is 1.71. The van der Waals surface area contributed by atoms with Gasteiger partial charge in [-0.2, -0.15) is 0 Å². The molecule has 1 aromatic carbocycles. The smallest absolute Gasteiger partial charge is 0.0624 e. The average Bonchev–Trinajstić information content (AvgIpc) is 2.16. The van der Waals surface area contributed by atoms with E-state index in [1.165, 1.54) is 0 Å². The normalized spacial score (nSPS) is 12.1. The summed E-state index contributed by atoms with van der Waals surface area (Å²) >= 11 is 0. The Balaban J connectivity index is 3.07. The highest BCUT2D eigenvalue weighted by molar-refractivity contribution is 5.41. The number of aliphatic hydroxyl groups excluding tert-OH is 1. The van der Waals surface area contributed by atoms with Crippen LogP contribution in [-0.2, 0) is 0 Å². The molecule has 0 aliphatic carbocycles. The molecule has 2 heteroatoms. The summed E-state index contributed by atoms with van der Waals surface area (Å²) in [5.74, 6) is 2.52. The van der Waals surface area contributed by atoms with Crippen LogP contribution in [0.5, 0.6) is 0 Å². The van der Waals surface area contributed by atoms with Crippen LogP contribution in [0.4, 0.5) is 0 Å². The molecule has 0 saturated carbocycles. The van der Waals surface area contributed by atoms with Crippen LogP contribution in [0.25, 0.3) is 0 Å². The summed E-state index contributed by atoms with van der Waals surface area (Å²) in [6.07, 6.45) is 5.26. The molecule has 1 atom stereocenters. The zero-order chi connectivity index (χ0) is 8.97. The molecule has 0 heterocycles. The maximum atomic E-state index is 8.81. The summed E-state index contributed by atoms with van der Waals surface area (Å²) in [5.41, 5.74) is 7.20. The largest absolute Gasteiger partial charge is 0.394 e. The molecule has 0 saturated heterocycles. The third kappa shape index (κ3) is 1.65. The van der Waals surface area contributed by atoms with E-state index in [0.29, 0.717) is 0 Å². The maximum Gasteiger partial charge on any atom is 0.0624 e. The van der Waals surface area contributed by atoms with Crippen molar-refractivity contribution in [1.29, 1.82) is 0 Å². The second-order valence-corrected chi connectivity index (χ2v) is 2.52. The van der Waals surface area contributed by atoms with Crippen LogP contribution in [-0.4, -0.2) is 11.7 Å². The second-order valence-electron chi connectivity index (χ2n) is 2.52. The van der Waals surface area contributed by atoms with Crippen molar-refractivity contribution in [3.63, 3.8) is 0 Å². The molecular weight excluding hydrogens is 150 g/mol. The number of benzene rings is 1. The molecule has 0 radical (unpaired) electrons. The van der Waals surface area contributed by atoms with Gasteiger partial charge in [0.2, 0.25) is 0 Å². The summed E-state index contributed by atoms with van der Waals surface area (Å²) in [7, 11) is 0. The van der Waals surface area contributed by atoms with Crippen LogP contribution in [0, 0.1) is 12.3 Å². The molecule has 0 fully saturated rings. The minimum absolute atomic E-state index is 0.0846. The Morgan fingerprint density at radius 1 is 1.50 bits per heavy atom. The van der Waals surface area contributed by atoms with Crippen molar-refractivity contribution in [2.24, 2.45) is 5.73 Å². The fourth-order valence-corrected chi connectivity index (χ4v) is 1.05. The molecule has 62 valence electrons. The van der Waals surface area contributed by atoms with Crippen molar-refractivity contribution in [2.45, 2.75) is 6.04 Å². The van der Waals surface area contributed by atoms with Gasteiger partial charge in [-0.3, -0.25) is 0 Å². The topological polar surface area (TPSA) is 46.2 Å². The Labute approximate surface area is 72.0 Å². The van der Waals surface area contributed by atoms with Crippen LogP contribution >= 0.6 is 0 Å². The Bertz CT molecular complexity index is 301. The van der Waals surface area contributed by atoms with E-state index in [2.05, 4.69) is 5.92 Å². The third-order valence-electron chi connectivity index (χ3n) is 1.71. The number of hydrogen-bond acceptors (Lipinski definition) is 2. The summed E-state index contributed by atoms with van der Waals surface area (Å²) in [5, 5.41) is 8.81. The van der Waals surface area contributed by atoms with Gasteiger partial charge in [0.05, 0.1) is 12.6 Å². The number of nitrogens with two attached hydrogens (primary N) is 1. The lowest BCUT2D eigenvalue weighted by atomic mass is 10.0. The SMILES string of the molecule is C#Cc1ccccc1C(N)CO. The van der Waals surface area contributed by atoms with E-state index >= 15 is 0 Å². The van der Waals surface area contributed by atoms with E-state index in [9.17, 15) is 0 Å². The Morgan fingerprint density at radius 2 is 2.17 bits per heavy atom. The van der Waals surface area contributed by atoms with Gasteiger partial charge in [-0.05, 0) is 11.6 Å². The fourth-order valence-electron chi connectivity index (χ4n) is 1.05. The number of hydrogen-bond donors (Lipinski definition) is 2. The molecule has 3 N–H and O–H groups in total. The predicted octanol–water partition coefficient (Wildman–Crippen LogP) is 0.660. The second kappa shape index (κ2) is 3.91. The zero-order valence-corrected chi connectivity index (χ0v) is 6.70. The average molecular weight is 161 g/mol. The molecule has 0 aliphatic rings. The molecule has 0 spiro atoms. The van der Waals surface area contributed by atoms with Crippen molar-refractivity contribution in [3.05, 3.63) is 35.4 Å². The van der Waals surface area contributed by atoms with Gasteiger partial charge in [-0.1, -0.05) is 24.1 Å². The first-order valence-corrected chi connectivity index (χ1v) is 3.71. The van der Waals surface area contributed by atoms with Crippen molar-refractivity contribution in [1.82, 2.24) is 0 Å². The van der Waals surface area contributed by atoms with Gasteiger partial charge in [0.15, 0.2) is 0 Å². The van der Waals surface area contributed by atoms with Crippen LogP contribution < -0.4 is 5.73 Å². The van der Waals surface area contributed by atoms with Crippen LogP contribution in [0.3, 0.4) is 0 Å². The van der Waals surface area contributed by atoms with E-state index in [1.807, 2.05) is 24.3 Å². The van der Waals surface area contributed by atoms with E-state index in [1.54, 1.807) is 0 Å². The molecule has 0 aromatic heterocycles. The molecule has 2 nitrogen and oxygen atoms in total. The van der Waals surface area contributed by atoms with Gasteiger partial charge in [0.25, 0.3) is 0 Å². The number of rotatable bonds is 2. The first kappa shape index (κ1) is 8.79. The Kier molecular flexibility index (Phi) is 2.87. The Morgan fingerprint density at radius 3 is 2.75 bits per heavy atom. The summed E-state index contributed by atoms with van der Waals surface area (Å²) < 4.78 is 0. The minimum Gasteiger partial charge on any atom is -0.394 e. The fraction of sp³-hybridized carbons (Fsp3) is 0.200. The van der Waals surface area contributed by atoms with E-state index in [4.69, 9.17) is 17.3 Å². The van der Waals surface area contributed by atoms with Gasteiger partial charge in [0.1, 0.15) is 0 Å². The van der Waals surface area contributed by atoms with Gasteiger partial charge < -0.3 is 10.8 Å². The lowest BCUT2D eigenvalue weighted by Gasteiger charge is -2.09. The summed E-state index contributed by atoms with van der Waals surface area (Å²) in [6.45, 7) is -0.0846. The number of aliphatic hydroxyl groups is 1. The molecule has 1 rings (SSSR count). The van der Waals surface area contributed by atoms with E-state index < -0.39 is 0 Å².